The fourth-order valence-corrected chi connectivity index (χ4v) is 4.36. The maximum Gasteiger partial charge on any atom is 0.195 e. The number of hydrogen-bond donors (Lipinski definition) is 0. The van der Waals surface area contributed by atoms with Gasteiger partial charge in [0.05, 0.1) is 16.8 Å². The van der Waals surface area contributed by atoms with E-state index in [1.807, 2.05) is 96.6 Å². The quantitative estimate of drug-likeness (QED) is 0.249. The van der Waals surface area contributed by atoms with Crippen molar-refractivity contribution >= 4 is 11.6 Å². The molecule has 4 aromatic carbocycles. The predicted molar refractivity (Wildman–Crippen MR) is 140 cm³/mol. The molecule has 0 bridgehead atoms. The Morgan fingerprint density at radius 2 is 1.14 bits per heavy atom. The zero-order valence-electron chi connectivity index (χ0n) is 19.5. The largest absolute Gasteiger partial charge is 0.342 e. The Hall–Kier alpha value is -4.50. The summed E-state index contributed by atoms with van der Waals surface area (Å²) in [5.41, 5.74) is 5.84. The van der Waals surface area contributed by atoms with Crippen LogP contribution in [0.25, 0.3) is 11.3 Å². The average Bonchev–Trinajstić information content (AvgIpc) is 3.28. The average molecular weight is 456 g/mol. The van der Waals surface area contributed by atoms with Crippen LogP contribution in [0.5, 0.6) is 0 Å². The van der Waals surface area contributed by atoms with Crippen LogP contribution in [0.1, 0.15) is 43.0 Å². The van der Waals surface area contributed by atoms with Gasteiger partial charge in [-0.05, 0) is 18.1 Å². The zero-order valence-corrected chi connectivity index (χ0v) is 19.5. The number of aromatic nitrogens is 1. The van der Waals surface area contributed by atoms with E-state index in [0.717, 1.165) is 22.4 Å². The van der Waals surface area contributed by atoms with Crippen LogP contribution in [-0.4, -0.2) is 16.1 Å². The van der Waals surface area contributed by atoms with Crippen molar-refractivity contribution in [2.45, 2.75) is 13.5 Å². The van der Waals surface area contributed by atoms with Crippen molar-refractivity contribution in [3.8, 4) is 11.3 Å². The lowest BCUT2D eigenvalue weighted by Crippen LogP contribution is -2.10. The first-order chi connectivity index (χ1) is 17.1. The van der Waals surface area contributed by atoms with Gasteiger partial charge in [-0.15, -0.1) is 0 Å². The molecule has 35 heavy (non-hydrogen) atoms. The fourth-order valence-electron chi connectivity index (χ4n) is 4.36. The van der Waals surface area contributed by atoms with E-state index >= 15 is 0 Å². The van der Waals surface area contributed by atoms with Gasteiger partial charge in [-0.1, -0.05) is 121 Å². The van der Waals surface area contributed by atoms with Gasteiger partial charge in [-0.2, -0.15) is 0 Å². The van der Waals surface area contributed by atoms with E-state index in [1.54, 1.807) is 24.3 Å². The van der Waals surface area contributed by atoms with Gasteiger partial charge in [0.15, 0.2) is 11.6 Å². The van der Waals surface area contributed by atoms with E-state index in [9.17, 15) is 9.59 Å². The molecule has 170 valence electrons. The van der Waals surface area contributed by atoms with Crippen molar-refractivity contribution < 1.29 is 9.59 Å². The Morgan fingerprint density at radius 1 is 0.629 bits per heavy atom. The second-order valence-corrected chi connectivity index (χ2v) is 8.64. The third-order valence-electron chi connectivity index (χ3n) is 6.14. The molecule has 0 atom stereocenters. The molecular formula is C32H25NO2. The maximum atomic E-state index is 14.0. The van der Waals surface area contributed by atoms with Gasteiger partial charge in [0.25, 0.3) is 0 Å². The number of aryl methyl sites for hydroxylation is 1. The van der Waals surface area contributed by atoms with Crippen molar-refractivity contribution in [3.05, 3.63) is 155 Å². The molecule has 0 unspecified atom stereocenters. The summed E-state index contributed by atoms with van der Waals surface area (Å²) in [6, 6.07) is 36.5. The van der Waals surface area contributed by atoms with Crippen LogP contribution in [0.15, 0.2) is 121 Å². The van der Waals surface area contributed by atoms with Crippen LogP contribution >= 0.6 is 0 Å². The van der Waals surface area contributed by atoms with Gasteiger partial charge >= 0.3 is 0 Å². The summed E-state index contributed by atoms with van der Waals surface area (Å²) in [4.78, 5) is 27.7. The van der Waals surface area contributed by atoms with Crippen molar-refractivity contribution in [1.29, 1.82) is 0 Å². The Balaban J connectivity index is 1.77. The van der Waals surface area contributed by atoms with Crippen LogP contribution in [0, 0.1) is 6.92 Å². The molecule has 5 aromatic rings. The predicted octanol–water partition coefficient (Wildman–Crippen LogP) is 6.97. The molecule has 0 fully saturated rings. The van der Waals surface area contributed by atoms with E-state index in [1.165, 1.54) is 0 Å². The van der Waals surface area contributed by atoms with Crippen molar-refractivity contribution in [2.24, 2.45) is 0 Å². The molecule has 0 aliphatic rings. The first-order valence-corrected chi connectivity index (χ1v) is 11.7. The van der Waals surface area contributed by atoms with Crippen molar-refractivity contribution in [1.82, 2.24) is 4.57 Å². The monoisotopic (exact) mass is 455 g/mol. The molecule has 3 nitrogen and oxygen atoms in total. The summed E-state index contributed by atoms with van der Waals surface area (Å²) in [5.74, 6) is -0.322. The first kappa shape index (κ1) is 22.3. The summed E-state index contributed by atoms with van der Waals surface area (Å²) in [7, 11) is 0. The van der Waals surface area contributed by atoms with Crippen LogP contribution in [0.4, 0.5) is 0 Å². The van der Waals surface area contributed by atoms with E-state index in [2.05, 4.69) is 12.1 Å². The highest BCUT2D eigenvalue weighted by Gasteiger charge is 2.28. The molecule has 0 N–H and O–H groups in total. The lowest BCUT2D eigenvalue weighted by molar-refractivity contribution is 0.100. The second kappa shape index (κ2) is 9.78. The third kappa shape index (κ3) is 4.62. The van der Waals surface area contributed by atoms with Gasteiger partial charge in [0.2, 0.25) is 0 Å². The topological polar surface area (TPSA) is 39.1 Å². The molecule has 0 radical (unpaired) electrons. The third-order valence-corrected chi connectivity index (χ3v) is 6.14. The number of ketones is 2. The zero-order chi connectivity index (χ0) is 24.2. The molecule has 0 aliphatic carbocycles. The molecule has 0 saturated heterocycles. The van der Waals surface area contributed by atoms with Crippen molar-refractivity contribution in [3.63, 3.8) is 0 Å². The normalized spacial score (nSPS) is 10.8. The molecule has 0 spiro atoms. The number of hydrogen-bond acceptors (Lipinski definition) is 2. The summed E-state index contributed by atoms with van der Waals surface area (Å²) in [6.45, 7) is 2.58. The van der Waals surface area contributed by atoms with Crippen LogP contribution in [-0.2, 0) is 6.54 Å². The fraction of sp³-hybridized carbons (Fsp3) is 0.0625. The van der Waals surface area contributed by atoms with Gasteiger partial charge in [0, 0.05) is 23.9 Å². The number of rotatable bonds is 7. The minimum atomic E-state index is -0.162. The molecular weight excluding hydrogens is 430 g/mol. The number of carbonyl (C=O) groups is 2. The first-order valence-electron chi connectivity index (χ1n) is 11.7. The van der Waals surface area contributed by atoms with Crippen LogP contribution < -0.4 is 0 Å². The van der Waals surface area contributed by atoms with Gasteiger partial charge in [-0.25, -0.2) is 0 Å². The summed E-state index contributed by atoms with van der Waals surface area (Å²) >= 11 is 0. The van der Waals surface area contributed by atoms with E-state index in [4.69, 9.17) is 0 Å². The second-order valence-electron chi connectivity index (χ2n) is 8.64. The molecule has 1 heterocycles. The molecule has 0 saturated carbocycles. The highest BCUT2D eigenvalue weighted by Crippen LogP contribution is 2.33. The molecule has 0 aliphatic heterocycles. The van der Waals surface area contributed by atoms with E-state index in [-0.39, 0.29) is 11.6 Å². The van der Waals surface area contributed by atoms with Gasteiger partial charge in [0.1, 0.15) is 0 Å². The summed E-state index contributed by atoms with van der Waals surface area (Å²) < 4.78 is 2.03. The van der Waals surface area contributed by atoms with Crippen LogP contribution in [0.2, 0.25) is 0 Å². The SMILES string of the molecule is Cc1ccc(-c2c(C(=O)c3ccccc3)c(C(=O)c3ccccc3)cn2Cc2ccccc2)cc1. The molecule has 0 amide bonds. The van der Waals surface area contributed by atoms with Gasteiger partial charge in [-0.3, -0.25) is 9.59 Å². The Kier molecular flexibility index (Phi) is 6.23. The number of carbonyl (C=O) groups excluding carboxylic acids is 2. The van der Waals surface area contributed by atoms with Crippen LogP contribution in [0.3, 0.4) is 0 Å². The lowest BCUT2D eigenvalue weighted by atomic mass is 9.93. The highest BCUT2D eigenvalue weighted by molar-refractivity contribution is 6.22. The smallest absolute Gasteiger partial charge is 0.195 e. The number of nitrogens with zero attached hydrogens (tertiary/aromatic N) is 1. The molecule has 1 aromatic heterocycles. The lowest BCUT2D eigenvalue weighted by Gasteiger charge is -2.13. The van der Waals surface area contributed by atoms with Gasteiger partial charge < -0.3 is 4.57 Å². The molecule has 5 rings (SSSR count). The minimum absolute atomic E-state index is 0.160. The maximum absolute atomic E-state index is 14.0. The molecule has 3 heteroatoms. The standard InChI is InChI=1S/C32H25NO2/c1-23-17-19-25(20-18-23)30-29(32(35)27-15-9-4-10-16-27)28(31(34)26-13-7-3-8-14-26)22-33(30)21-24-11-5-2-6-12-24/h2-20,22H,21H2,1H3. The summed E-state index contributed by atoms with van der Waals surface area (Å²) in [6.07, 6.45) is 1.84. The Morgan fingerprint density at radius 3 is 1.71 bits per heavy atom. The highest BCUT2D eigenvalue weighted by atomic mass is 16.1. The van der Waals surface area contributed by atoms with E-state index < -0.39 is 0 Å². The minimum Gasteiger partial charge on any atom is -0.342 e. The summed E-state index contributed by atoms with van der Waals surface area (Å²) in [5, 5.41) is 0. The Labute approximate surface area is 205 Å². The number of benzene rings is 4. The van der Waals surface area contributed by atoms with E-state index in [0.29, 0.717) is 28.8 Å². The van der Waals surface area contributed by atoms with Crippen molar-refractivity contribution in [2.75, 3.05) is 0 Å². The Bertz CT molecular complexity index is 1470.